The summed E-state index contributed by atoms with van der Waals surface area (Å²) in [6.07, 6.45) is 7.37. The quantitative estimate of drug-likeness (QED) is 0.508. The first kappa shape index (κ1) is 10.9. The number of amides is 1. The van der Waals surface area contributed by atoms with Crippen molar-refractivity contribution in [2.24, 2.45) is 0 Å². The smallest absolute Gasteiger partial charge is 0.297 e. The Balaban J connectivity index is 2.33. The van der Waals surface area contributed by atoms with Crippen molar-refractivity contribution < 1.29 is 9.53 Å². The van der Waals surface area contributed by atoms with Crippen molar-refractivity contribution in [3.63, 3.8) is 0 Å². The van der Waals surface area contributed by atoms with Crippen LogP contribution in [0.15, 0.2) is 35.9 Å². The minimum Gasteiger partial charge on any atom is -0.425 e. The molecule has 0 aromatic rings. The van der Waals surface area contributed by atoms with Crippen molar-refractivity contribution in [2.75, 3.05) is 13.6 Å². The third-order valence-corrected chi connectivity index (χ3v) is 2.71. The molecule has 2 aliphatic rings. The van der Waals surface area contributed by atoms with Gasteiger partial charge in [0, 0.05) is 31.6 Å². The number of allylic oxidation sites excluding steroid dienone is 3. The van der Waals surface area contributed by atoms with E-state index in [1.54, 1.807) is 0 Å². The lowest BCUT2D eigenvalue weighted by atomic mass is 10.1. The Morgan fingerprint density at radius 1 is 1.38 bits per heavy atom. The summed E-state index contributed by atoms with van der Waals surface area (Å²) in [7, 11) is 1.91. The van der Waals surface area contributed by atoms with Crippen LogP contribution in [0.1, 0.15) is 6.92 Å². The van der Waals surface area contributed by atoms with Crippen molar-refractivity contribution in [3.8, 4) is 0 Å². The third-order valence-electron chi connectivity index (χ3n) is 2.41. The van der Waals surface area contributed by atoms with E-state index in [9.17, 15) is 4.79 Å². The molecule has 2 heterocycles. The van der Waals surface area contributed by atoms with Gasteiger partial charge < -0.3 is 9.64 Å². The second-order valence-electron chi connectivity index (χ2n) is 3.50. The van der Waals surface area contributed by atoms with Crippen LogP contribution < -0.4 is 0 Å². The largest absolute Gasteiger partial charge is 0.425 e. The highest BCUT2D eigenvalue weighted by molar-refractivity contribution is 7.80. The highest BCUT2D eigenvalue weighted by Gasteiger charge is 2.33. The fourth-order valence-electron chi connectivity index (χ4n) is 1.50. The van der Waals surface area contributed by atoms with Gasteiger partial charge in [0.25, 0.3) is 11.1 Å². The number of rotatable bonds is 1. The van der Waals surface area contributed by atoms with Gasteiger partial charge in [-0.15, -0.1) is 0 Å². The maximum absolute atomic E-state index is 11.9. The Morgan fingerprint density at radius 2 is 2.00 bits per heavy atom. The summed E-state index contributed by atoms with van der Waals surface area (Å²) in [5.74, 6) is 0.147. The summed E-state index contributed by atoms with van der Waals surface area (Å²) in [4.78, 5) is 15.2. The average Bonchev–Trinajstić information content (AvgIpc) is 2.55. The van der Waals surface area contributed by atoms with Gasteiger partial charge in [0.15, 0.2) is 0 Å². The second kappa shape index (κ2) is 4.09. The molecule has 5 heteroatoms. The van der Waals surface area contributed by atoms with Crippen LogP contribution >= 0.6 is 12.2 Å². The van der Waals surface area contributed by atoms with Gasteiger partial charge in [-0.25, -0.2) is 0 Å². The number of carbonyl (C=O) groups is 1. The van der Waals surface area contributed by atoms with Crippen molar-refractivity contribution >= 4 is 23.3 Å². The molecule has 1 fully saturated rings. The molecule has 2 rings (SSSR count). The summed E-state index contributed by atoms with van der Waals surface area (Å²) in [5, 5.41) is 0.232. The molecule has 0 aliphatic carbocycles. The Kier molecular flexibility index (Phi) is 2.78. The van der Waals surface area contributed by atoms with Gasteiger partial charge in [-0.05, 0) is 31.3 Å². The first-order valence-electron chi connectivity index (χ1n) is 4.99. The van der Waals surface area contributed by atoms with Crippen LogP contribution in [0.4, 0.5) is 0 Å². The molecule has 1 saturated heterocycles. The van der Waals surface area contributed by atoms with Crippen LogP contribution in [0.5, 0.6) is 0 Å². The van der Waals surface area contributed by atoms with Crippen LogP contribution in [0, 0.1) is 0 Å². The molecule has 84 valence electrons. The molecular formula is C11H12N2O2S. The van der Waals surface area contributed by atoms with E-state index in [0.717, 1.165) is 5.57 Å². The Labute approximate surface area is 99.5 Å². The number of hydrogen-bond donors (Lipinski definition) is 0. The molecule has 0 radical (unpaired) electrons. The number of nitrogens with zero attached hydrogens (tertiary/aromatic N) is 2. The van der Waals surface area contributed by atoms with E-state index in [1.165, 1.54) is 4.90 Å². The molecule has 1 amide bonds. The van der Waals surface area contributed by atoms with E-state index in [4.69, 9.17) is 17.0 Å². The molecule has 0 saturated carbocycles. The predicted molar refractivity (Wildman–Crippen MR) is 64.1 cm³/mol. The summed E-state index contributed by atoms with van der Waals surface area (Å²) < 4.78 is 5.32. The summed E-state index contributed by atoms with van der Waals surface area (Å²) in [5.41, 5.74) is 0.751. The zero-order valence-corrected chi connectivity index (χ0v) is 9.95. The van der Waals surface area contributed by atoms with E-state index < -0.39 is 0 Å². The van der Waals surface area contributed by atoms with Crippen LogP contribution in [0.3, 0.4) is 0 Å². The van der Waals surface area contributed by atoms with Crippen molar-refractivity contribution in [1.29, 1.82) is 0 Å². The fourth-order valence-corrected chi connectivity index (χ4v) is 1.79. The van der Waals surface area contributed by atoms with Gasteiger partial charge in [0.2, 0.25) is 5.76 Å². The number of carbonyl (C=O) groups excluding carboxylic acids is 1. The van der Waals surface area contributed by atoms with E-state index >= 15 is 0 Å². The third kappa shape index (κ3) is 1.74. The topological polar surface area (TPSA) is 32.8 Å². The zero-order chi connectivity index (χ0) is 11.7. The average molecular weight is 236 g/mol. The molecule has 0 aromatic heterocycles. The molecule has 2 aliphatic heterocycles. The van der Waals surface area contributed by atoms with E-state index in [0.29, 0.717) is 12.3 Å². The van der Waals surface area contributed by atoms with Crippen molar-refractivity contribution in [3.05, 3.63) is 35.9 Å². The van der Waals surface area contributed by atoms with E-state index in [2.05, 4.69) is 0 Å². The SMILES string of the molecule is CCN1C(=O)C(=C2C=CN(C)C=C2)OC1=S. The molecule has 4 nitrogen and oxygen atoms in total. The van der Waals surface area contributed by atoms with Crippen LogP contribution in [0.25, 0.3) is 0 Å². The minimum atomic E-state index is -0.165. The van der Waals surface area contributed by atoms with E-state index in [-0.39, 0.29) is 11.1 Å². The maximum atomic E-state index is 11.9. The number of thiocarbonyl (C=S) groups is 1. The summed E-state index contributed by atoms with van der Waals surface area (Å²) in [6.45, 7) is 2.39. The zero-order valence-electron chi connectivity index (χ0n) is 9.14. The van der Waals surface area contributed by atoms with Crippen LogP contribution in [-0.4, -0.2) is 34.5 Å². The lowest BCUT2D eigenvalue weighted by molar-refractivity contribution is -0.122. The standard InChI is InChI=1S/C11H12N2O2S/c1-3-13-10(14)9(15-11(13)16)8-4-6-12(2)7-5-8/h4-7H,3H2,1-2H3. The van der Waals surface area contributed by atoms with Gasteiger partial charge in [0.1, 0.15) is 0 Å². The molecular weight excluding hydrogens is 224 g/mol. The summed E-state index contributed by atoms with van der Waals surface area (Å²) in [6, 6.07) is 0. The predicted octanol–water partition coefficient (Wildman–Crippen LogP) is 1.38. The monoisotopic (exact) mass is 236 g/mol. The molecule has 0 N–H and O–H groups in total. The highest BCUT2D eigenvalue weighted by Crippen LogP contribution is 2.23. The van der Waals surface area contributed by atoms with Gasteiger partial charge >= 0.3 is 0 Å². The lowest BCUT2D eigenvalue weighted by Crippen LogP contribution is -2.28. The molecule has 0 atom stereocenters. The molecule has 16 heavy (non-hydrogen) atoms. The second-order valence-corrected chi connectivity index (χ2v) is 3.85. The van der Waals surface area contributed by atoms with Gasteiger partial charge in [-0.1, -0.05) is 0 Å². The van der Waals surface area contributed by atoms with Gasteiger partial charge in [0.05, 0.1) is 0 Å². The van der Waals surface area contributed by atoms with Crippen molar-refractivity contribution in [1.82, 2.24) is 9.80 Å². The van der Waals surface area contributed by atoms with Crippen molar-refractivity contribution in [2.45, 2.75) is 6.92 Å². The van der Waals surface area contributed by atoms with Gasteiger partial charge in [-0.2, -0.15) is 0 Å². The minimum absolute atomic E-state index is 0.165. The number of hydrogen-bond acceptors (Lipinski definition) is 4. The Morgan fingerprint density at radius 3 is 2.50 bits per heavy atom. The highest BCUT2D eigenvalue weighted by atomic mass is 32.1. The number of likely N-dealkylation sites (N-methyl/N-ethyl adjacent to an activating group) is 1. The van der Waals surface area contributed by atoms with Crippen LogP contribution in [-0.2, 0) is 9.53 Å². The first-order chi connectivity index (χ1) is 7.63. The van der Waals surface area contributed by atoms with Crippen LogP contribution in [0.2, 0.25) is 0 Å². The fraction of sp³-hybridized carbons (Fsp3) is 0.273. The molecule has 0 bridgehead atoms. The molecule has 0 unspecified atom stereocenters. The van der Waals surface area contributed by atoms with Gasteiger partial charge in [-0.3, -0.25) is 9.69 Å². The Hall–Kier alpha value is -1.62. The molecule has 0 aromatic carbocycles. The summed E-state index contributed by atoms with van der Waals surface area (Å²) >= 11 is 4.98. The normalized spacial score (nSPS) is 19.9. The molecule has 0 spiro atoms. The number of ether oxygens (including phenoxy) is 1. The lowest BCUT2D eigenvalue weighted by Gasteiger charge is -2.12. The van der Waals surface area contributed by atoms with E-state index in [1.807, 2.05) is 43.4 Å². The Bertz CT molecular complexity index is 421. The first-order valence-corrected chi connectivity index (χ1v) is 5.40. The maximum Gasteiger partial charge on any atom is 0.297 e.